The predicted octanol–water partition coefficient (Wildman–Crippen LogP) is 3.21. The minimum atomic E-state index is -0.368. The van der Waals surface area contributed by atoms with Crippen LogP contribution in [0.4, 0.5) is 10.3 Å². The van der Waals surface area contributed by atoms with Crippen LogP contribution >= 0.6 is 11.6 Å². The highest BCUT2D eigenvalue weighted by atomic mass is 35.5. The molecule has 0 saturated carbocycles. The zero-order valence-corrected chi connectivity index (χ0v) is 18.5. The summed E-state index contributed by atoms with van der Waals surface area (Å²) in [6.45, 7) is 1.23. The second-order valence-electron chi connectivity index (χ2n) is 8.00. The summed E-state index contributed by atoms with van der Waals surface area (Å²) >= 11 is 6.10. The molecular weight excluding hydrogens is 447 g/mol. The van der Waals surface area contributed by atoms with Gasteiger partial charge in [0.05, 0.1) is 11.8 Å². The highest BCUT2D eigenvalue weighted by Crippen LogP contribution is 2.36. The Hall–Kier alpha value is -3.30. The summed E-state index contributed by atoms with van der Waals surface area (Å²) in [5.74, 6) is -0.0675. The molecule has 3 heterocycles. The Balaban J connectivity index is 1.48. The molecule has 0 aliphatic carbocycles. The number of anilines is 1. The fourth-order valence-corrected chi connectivity index (χ4v) is 4.25. The summed E-state index contributed by atoms with van der Waals surface area (Å²) in [6.07, 6.45) is 3.97. The number of benzene rings is 2. The molecule has 0 radical (unpaired) electrons. The first-order valence-electron chi connectivity index (χ1n) is 10.8. The van der Waals surface area contributed by atoms with E-state index in [0.717, 1.165) is 36.3 Å². The molecule has 1 N–H and O–H groups in total. The average Bonchev–Trinajstić information content (AvgIpc) is 3.52. The first-order valence-corrected chi connectivity index (χ1v) is 11.1. The van der Waals surface area contributed by atoms with Crippen molar-refractivity contribution < 1.29 is 13.9 Å². The Morgan fingerprint density at radius 3 is 2.70 bits per heavy atom. The van der Waals surface area contributed by atoms with Crippen molar-refractivity contribution in [2.24, 2.45) is 0 Å². The number of carbonyl (C=O) groups is 1. The largest absolute Gasteiger partial charge is 0.376 e. The molecule has 33 heavy (non-hydrogen) atoms. The second kappa shape index (κ2) is 9.29. The fraction of sp³-hybridized carbons (Fsp3) is 0.304. The lowest BCUT2D eigenvalue weighted by Crippen LogP contribution is -2.42. The lowest BCUT2D eigenvalue weighted by molar-refractivity contribution is -0.120. The molecule has 2 aliphatic rings. The number of nitrogens with one attached hydrogen (secondary N) is 1. The SMILES string of the molecule is O=C(CN1C(c2ccc(Cl)cc2)=C[C@@H](c2ccc(F)cc2)n2nnnc21)NC[C@@H]1CCCO1. The number of ether oxygens (including phenoxy) is 1. The molecule has 2 aliphatic heterocycles. The van der Waals surface area contributed by atoms with Crippen LogP contribution in [0.15, 0.2) is 54.6 Å². The Kier molecular flexibility index (Phi) is 6.06. The molecule has 2 atom stereocenters. The quantitative estimate of drug-likeness (QED) is 0.598. The van der Waals surface area contributed by atoms with Crippen LogP contribution in [0.25, 0.3) is 5.70 Å². The number of carbonyl (C=O) groups excluding carboxylic acids is 1. The maximum Gasteiger partial charge on any atom is 0.251 e. The molecule has 0 unspecified atom stereocenters. The lowest BCUT2D eigenvalue weighted by atomic mass is 10.0. The minimum Gasteiger partial charge on any atom is -0.376 e. The molecule has 5 rings (SSSR count). The van der Waals surface area contributed by atoms with Gasteiger partial charge in [0.2, 0.25) is 5.91 Å². The molecule has 3 aromatic rings. The Labute approximate surface area is 195 Å². The van der Waals surface area contributed by atoms with Gasteiger partial charge in [-0.25, -0.2) is 4.39 Å². The van der Waals surface area contributed by atoms with Crippen LogP contribution in [0.5, 0.6) is 0 Å². The topological polar surface area (TPSA) is 85.2 Å². The zero-order chi connectivity index (χ0) is 22.8. The number of nitrogens with zero attached hydrogens (tertiary/aromatic N) is 5. The Morgan fingerprint density at radius 1 is 1.18 bits per heavy atom. The fourth-order valence-electron chi connectivity index (χ4n) is 4.12. The van der Waals surface area contributed by atoms with Crippen molar-refractivity contribution in [3.63, 3.8) is 0 Å². The van der Waals surface area contributed by atoms with Gasteiger partial charge in [0, 0.05) is 18.2 Å². The van der Waals surface area contributed by atoms with Gasteiger partial charge >= 0.3 is 0 Å². The van der Waals surface area contributed by atoms with E-state index in [0.29, 0.717) is 17.5 Å². The number of allylic oxidation sites excluding steroid dienone is 1. The van der Waals surface area contributed by atoms with Crippen LogP contribution in [0, 0.1) is 5.82 Å². The van der Waals surface area contributed by atoms with Crippen molar-refractivity contribution in [2.75, 3.05) is 24.6 Å². The van der Waals surface area contributed by atoms with Crippen molar-refractivity contribution in [3.8, 4) is 0 Å². The molecule has 10 heteroatoms. The van der Waals surface area contributed by atoms with Crippen LogP contribution in [0.2, 0.25) is 5.02 Å². The summed E-state index contributed by atoms with van der Waals surface area (Å²) in [4.78, 5) is 14.6. The number of hydrogen-bond donors (Lipinski definition) is 1. The third-order valence-corrected chi connectivity index (χ3v) is 6.04. The summed E-state index contributed by atoms with van der Waals surface area (Å²) in [6, 6.07) is 13.2. The summed E-state index contributed by atoms with van der Waals surface area (Å²) in [5.41, 5.74) is 2.43. The maximum atomic E-state index is 13.5. The second-order valence-corrected chi connectivity index (χ2v) is 8.44. The van der Waals surface area contributed by atoms with Gasteiger partial charge in [0.25, 0.3) is 5.95 Å². The van der Waals surface area contributed by atoms with E-state index in [4.69, 9.17) is 16.3 Å². The van der Waals surface area contributed by atoms with Crippen molar-refractivity contribution in [1.82, 2.24) is 25.5 Å². The van der Waals surface area contributed by atoms with Crippen LogP contribution in [-0.4, -0.2) is 51.9 Å². The first kappa shape index (κ1) is 21.5. The highest BCUT2D eigenvalue weighted by Gasteiger charge is 2.32. The van der Waals surface area contributed by atoms with Crippen molar-refractivity contribution in [3.05, 3.63) is 76.6 Å². The number of aromatic nitrogens is 4. The van der Waals surface area contributed by atoms with Gasteiger partial charge in [-0.1, -0.05) is 41.0 Å². The number of fused-ring (bicyclic) bond motifs is 1. The Bertz CT molecular complexity index is 1160. The number of hydrogen-bond acceptors (Lipinski definition) is 6. The van der Waals surface area contributed by atoms with E-state index in [2.05, 4.69) is 20.8 Å². The van der Waals surface area contributed by atoms with Crippen LogP contribution in [-0.2, 0) is 9.53 Å². The van der Waals surface area contributed by atoms with E-state index >= 15 is 0 Å². The van der Waals surface area contributed by atoms with E-state index in [1.54, 1.807) is 33.8 Å². The lowest BCUT2D eigenvalue weighted by Gasteiger charge is -2.32. The number of tetrazole rings is 1. The molecule has 8 nitrogen and oxygen atoms in total. The third-order valence-electron chi connectivity index (χ3n) is 5.79. The summed E-state index contributed by atoms with van der Waals surface area (Å²) in [5, 5.41) is 15.8. The van der Waals surface area contributed by atoms with Crippen LogP contribution in [0.1, 0.15) is 30.0 Å². The van der Waals surface area contributed by atoms with Gasteiger partial charge in [-0.3, -0.25) is 9.69 Å². The van der Waals surface area contributed by atoms with Crippen molar-refractivity contribution >= 4 is 29.2 Å². The van der Waals surface area contributed by atoms with E-state index < -0.39 is 0 Å². The van der Waals surface area contributed by atoms with Gasteiger partial charge in [-0.15, -0.1) is 0 Å². The normalized spacial score (nSPS) is 19.8. The van der Waals surface area contributed by atoms with E-state index in [1.807, 2.05) is 18.2 Å². The molecule has 1 fully saturated rings. The number of rotatable bonds is 6. The average molecular weight is 469 g/mol. The first-order chi connectivity index (χ1) is 16.1. The molecule has 0 bridgehead atoms. The molecule has 170 valence electrons. The molecular formula is C23H22ClFN6O2. The van der Waals surface area contributed by atoms with Crippen LogP contribution in [0.3, 0.4) is 0 Å². The molecule has 1 saturated heterocycles. The predicted molar refractivity (Wildman–Crippen MR) is 121 cm³/mol. The number of amides is 1. The standard InChI is InChI=1S/C23H22ClFN6O2/c24-17-7-3-15(4-8-17)20-12-21(16-5-9-18(25)10-6-16)31-23(27-28-29-31)30(20)14-22(32)26-13-19-2-1-11-33-19/h3-10,12,19,21H,1-2,11,13-14H2,(H,26,32)/t19-,21-/m0/s1. The van der Waals surface area contributed by atoms with E-state index in [-0.39, 0.29) is 30.4 Å². The molecule has 1 aromatic heterocycles. The van der Waals surface area contributed by atoms with Crippen molar-refractivity contribution in [2.45, 2.75) is 25.0 Å². The minimum absolute atomic E-state index is 0.0255. The van der Waals surface area contributed by atoms with Crippen LogP contribution < -0.4 is 10.2 Å². The Morgan fingerprint density at radius 2 is 1.97 bits per heavy atom. The van der Waals surface area contributed by atoms with Gasteiger partial charge in [-0.2, -0.15) is 4.68 Å². The van der Waals surface area contributed by atoms with Gasteiger partial charge in [0.15, 0.2) is 0 Å². The van der Waals surface area contributed by atoms with Gasteiger partial charge < -0.3 is 10.1 Å². The summed E-state index contributed by atoms with van der Waals surface area (Å²) < 4.78 is 20.7. The molecule has 2 aromatic carbocycles. The van der Waals surface area contributed by atoms with Gasteiger partial charge in [0.1, 0.15) is 18.4 Å². The smallest absolute Gasteiger partial charge is 0.251 e. The molecule has 1 amide bonds. The van der Waals surface area contributed by atoms with Crippen molar-refractivity contribution in [1.29, 1.82) is 0 Å². The highest BCUT2D eigenvalue weighted by molar-refractivity contribution is 6.30. The van der Waals surface area contributed by atoms with E-state index in [1.165, 1.54) is 12.1 Å². The molecule has 0 spiro atoms. The zero-order valence-electron chi connectivity index (χ0n) is 17.7. The monoisotopic (exact) mass is 468 g/mol. The summed E-state index contributed by atoms with van der Waals surface area (Å²) in [7, 11) is 0. The van der Waals surface area contributed by atoms with Gasteiger partial charge in [-0.05, 0) is 64.7 Å². The third kappa shape index (κ3) is 4.60. The van der Waals surface area contributed by atoms with E-state index in [9.17, 15) is 9.18 Å². The number of halogens is 2. The maximum absolute atomic E-state index is 13.5.